The Hall–Kier alpha value is -3.53. The van der Waals surface area contributed by atoms with Gasteiger partial charge in [-0.25, -0.2) is 14.5 Å². The van der Waals surface area contributed by atoms with Crippen LogP contribution in [0.3, 0.4) is 0 Å². The van der Waals surface area contributed by atoms with Crippen LogP contribution in [0.25, 0.3) is 17.2 Å². The van der Waals surface area contributed by atoms with Gasteiger partial charge in [-0.1, -0.05) is 6.07 Å². The van der Waals surface area contributed by atoms with Gasteiger partial charge < -0.3 is 4.74 Å². The molecule has 0 aliphatic rings. The summed E-state index contributed by atoms with van der Waals surface area (Å²) in [5, 5.41) is 13.2. The molecule has 0 spiro atoms. The van der Waals surface area contributed by atoms with Crippen LogP contribution >= 0.6 is 0 Å². The summed E-state index contributed by atoms with van der Waals surface area (Å²) in [5.74, 6) is 0.0382. The highest BCUT2D eigenvalue weighted by molar-refractivity contribution is 5.88. The van der Waals surface area contributed by atoms with Crippen LogP contribution < -0.4 is 0 Å². The number of nitriles is 1. The smallest absolute Gasteiger partial charge is 0.358 e. The molecular weight excluding hydrogens is 306 g/mol. The molecule has 0 unspecified atom stereocenters. The SMILES string of the molecule is CCOC(=O)c1cc(-c2ccc(C#N)cn2)n(-c2ccccn2)n1. The second-order valence-corrected chi connectivity index (χ2v) is 4.78. The zero-order valence-corrected chi connectivity index (χ0v) is 12.9. The maximum absolute atomic E-state index is 12.0. The second kappa shape index (κ2) is 6.71. The number of nitrogens with zero attached hydrogens (tertiary/aromatic N) is 5. The first-order valence-electron chi connectivity index (χ1n) is 7.28. The van der Waals surface area contributed by atoms with E-state index in [2.05, 4.69) is 15.1 Å². The Labute approximate surface area is 138 Å². The molecule has 0 aromatic carbocycles. The van der Waals surface area contributed by atoms with Gasteiger partial charge in [-0.2, -0.15) is 10.4 Å². The maximum atomic E-state index is 12.0. The molecule has 24 heavy (non-hydrogen) atoms. The normalized spacial score (nSPS) is 10.2. The van der Waals surface area contributed by atoms with Gasteiger partial charge in [0, 0.05) is 18.5 Å². The van der Waals surface area contributed by atoms with Crippen LogP contribution in [-0.2, 0) is 4.74 Å². The Morgan fingerprint density at radius 1 is 1.29 bits per heavy atom. The summed E-state index contributed by atoms with van der Waals surface area (Å²) >= 11 is 0. The molecule has 0 atom stereocenters. The van der Waals surface area contributed by atoms with Crippen molar-refractivity contribution in [2.24, 2.45) is 0 Å². The first kappa shape index (κ1) is 15.4. The minimum absolute atomic E-state index is 0.170. The highest BCUT2D eigenvalue weighted by atomic mass is 16.5. The van der Waals surface area contributed by atoms with Crippen molar-refractivity contribution in [3.8, 4) is 23.3 Å². The molecule has 3 aromatic rings. The molecule has 0 aliphatic carbocycles. The Morgan fingerprint density at radius 2 is 2.17 bits per heavy atom. The molecule has 0 radical (unpaired) electrons. The average Bonchev–Trinajstić information content (AvgIpc) is 3.08. The third-order valence-electron chi connectivity index (χ3n) is 3.22. The lowest BCUT2D eigenvalue weighted by Gasteiger charge is -2.05. The van der Waals surface area contributed by atoms with E-state index in [0.717, 1.165) is 0 Å². The van der Waals surface area contributed by atoms with E-state index in [9.17, 15) is 4.79 Å². The summed E-state index contributed by atoms with van der Waals surface area (Å²) in [6.45, 7) is 2.00. The molecule has 7 nitrogen and oxygen atoms in total. The molecular formula is C17H13N5O2. The monoisotopic (exact) mass is 319 g/mol. The van der Waals surface area contributed by atoms with Gasteiger partial charge in [0.2, 0.25) is 0 Å². The molecule has 3 heterocycles. The quantitative estimate of drug-likeness (QED) is 0.685. The van der Waals surface area contributed by atoms with Gasteiger partial charge in [-0.3, -0.25) is 4.98 Å². The zero-order valence-electron chi connectivity index (χ0n) is 12.9. The minimum atomic E-state index is -0.512. The molecule has 0 fully saturated rings. The first-order valence-corrected chi connectivity index (χ1v) is 7.28. The number of pyridine rings is 2. The van der Waals surface area contributed by atoms with Crippen LogP contribution in [0.2, 0.25) is 0 Å². The topological polar surface area (TPSA) is 93.7 Å². The number of hydrogen-bond donors (Lipinski definition) is 0. The fourth-order valence-corrected chi connectivity index (χ4v) is 2.13. The van der Waals surface area contributed by atoms with Crippen molar-refractivity contribution in [3.05, 3.63) is 60.0 Å². The van der Waals surface area contributed by atoms with Crippen molar-refractivity contribution >= 4 is 5.97 Å². The fraction of sp³-hybridized carbons (Fsp3) is 0.118. The maximum Gasteiger partial charge on any atom is 0.358 e. The van der Waals surface area contributed by atoms with Gasteiger partial charge in [0.1, 0.15) is 6.07 Å². The Balaban J connectivity index is 2.12. The third-order valence-corrected chi connectivity index (χ3v) is 3.22. The molecule has 0 N–H and O–H groups in total. The van der Waals surface area contributed by atoms with Gasteiger partial charge in [0.25, 0.3) is 0 Å². The summed E-state index contributed by atoms with van der Waals surface area (Å²) in [6, 6.07) is 12.4. The van der Waals surface area contributed by atoms with Crippen LogP contribution in [-0.4, -0.2) is 32.3 Å². The van der Waals surface area contributed by atoms with Crippen molar-refractivity contribution in [3.63, 3.8) is 0 Å². The van der Waals surface area contributed by atoms with Crippen molar-refractivity contribution in [2.75, 3.05) is 6.61 Å². The Kier molecular flexibility index (Phi) is 4.29. The molecule has 0 aliphatic heterocycles. The summed E-state index contributed by atoms with van der Waals surface area (Å²) in [6.07, 6.45) is 3.10. The van der Waals surface area contributed by atoms with Crippen molar-refractivity contribution < 1.29 is 9.53 Å². The number of esters is 1. The fourth-order valence-electron chi connectivity index (χ4n) is 2.13. The second-order valence-electron chi connectivity index (χ2n) is 4.78. The predicted octanol–water partition coefficient (Wildman–Crippen LogP) is 2.38. The van der Waals surface area contributed by atoms with Crippen LogP contribution in [0.4, 0.5) is 0 Å². The highest BCUT2D eigenvalue weighted by Crippen LogP contribution is 2.22. The predicted molar refractivity (Wildman–Crippen MR) is 85.3 cm³/mol. The highest BCUT2D eigenvalue weighted by Gasteiger charge is 2.18. The van der Waals surface area contributed by atoms with Crippen molar-refractivity contribution in [1.82, 2.24) is 19.7 Å². The van der Waals surface area contributed by atoms with Crippen LogP contribution in [0, 0.1) is 11.3 Å². The van der Waals surface area contributed by atoms with Gasteiger partial charge in [0.15, 0.2) is 11.5 Å². The number of rotatable bonds is 4. The van der Waals surface area contributed by atoms with Gasteiger partial charge in [-0.05, 0) is 31.2 Å². The Morgan fingerprint density at radius 3 is 2.79 bits per heavy atom. The van der Waals surface area contributed by atoms with E-state index in [4.69, 9.17) is 10.00 Å². The van der Waals surface area contributed by atoms with E-state index < -0.39 is 5.97 Å². The summed E-state index contributed by atoms with van der Waals surface area (Å²) in [5.41, 5.74) is 1.78. The lowest BCUT2D eigenvalue weighted by Crippen LogP contribution is -2.07. The van der Waals surface area contributed by atoms with E-state index in [0.29, 0.717) is 22.8 Å². The van der Waals surface area contributed by atoms with E-state index in [1.54, 1.807) is 43.5 Å². The van der Waals surface area contributed by atoms with E-state index >= 15 is 0 Å². The number of carbonyl (C=O) groups is 1. The average molecular weight is 319 g/mol. The third kappa shape index (κ3) is 2.98. The first-order chi connectivity index (χ1) is 11.7. The largest absolute Gasteiger partial charge is 0.461 e. The minimum Gasteiger partial charge on any atom is -0.461 e. The molecule has 0 amide bonds. The number of aromatic nitrogens is 4. The lowest BCUT2D eigenvalue weighted by molar-refractivity contribution is 0.0519. The molecule has 0 saturated heterocycles. The van der Waals surface area contributed by atoms with Gasteiger partial charge in [0.05, 0.1) is 23.6 Å². The lowest BCUT2D eigenvalue weighted by atomic mass is 10.2. The standard InChI is InChI=1S/C17H13N5O2/c1-2-24-17(23)14-9-15(13-7-6-12(10-18)11-20-13)22(21-14)16-5-3-4-8-19-16/h3-9,11H,2H2,1H3. The van der Waals surface area contributed by atoms with Crippen LogP contribution in [0.15, 0.2) is 48.8 Å². The number of ether oxygens (including phenoxy) is 1. The molecule has 118 valence electrons. The van der Waals surface area contributed by atoms with Crippen molar-refractivity contribution in [1.29, 1.82) is 5.26 Å². The van der Waals surface area contributed by atoms with Crippen molar-refractivity contribution in [2.45, 2.75) is 6.92 Å². The molecule has 3 rings (SSSR count). The molecule has 0 bridgehead atoms. The summed E-state index contributed by atoms with van der Waals surface area (Å²) in [4.78, 5) is 20.5. The van der Waals surface area contributed by atoms with Gasteiger partial charge in [-0.15, -0.1) is 0 Å². The van der Waals surface area contributed by atoms with Crippen LogP contribution in [0.1, 0.15) is 23.0 Å². The zero-order chi connectivity index (χ0) is 16.9. The van der Waals surface area contributed by atoms with E-state index in [1.807, 2.05) is 12.1 Å². The summed E-state index contributed by atoms with van der Waals surface area (Å²) in [7, 11) is 0. The Bertz CT molecular complexity index is 895. The van der Waals surface area contributed by atoms with E-state index in [-0.39, 0.29) is 12.3 Å². The molecule has 7 heteroatoms. The molecule has 0 saturated carbocycles. The number of hydrogen-bond acceptors (Lipinski definition) is 6. The molecule has 3 aromatic heterocycles. The number of carbonyl (C=O) groups excluding carboxylic acids is 1. The van der Waals surface area contributed by atoms with Gasteiger partial charge >= 0.3 is 5.97 Å². The van der Waals surface area contributed by atoms with E-state index in [1.165, 1.54) is 10.9 Å². The van der Waals surface area contributed by atoms with Crippen LogP contribution in [0.5, 0.6) is 0 Å². The summed E-state index contributed by atoms with van der Waals surface area (Å²) < 4.78 is 6.53.